The van der Waals surface area contributed by atoms with Crippen LogP contribution in [0.5, 0.6) is 11.5 Å². The molecule has 2 N–H and O–H groups in total. The third-order valence-electron chi connectivity index (χ3n) is 4.75. The lowest BCUT2D eigenvalue weighted by atomic mass is 10.2. The number of ether oxygens (including phenoxy) is 3. The van der Waals surface area contributed by atoms with Gasteiger partial charge in [-0.3, -0.25) is 9.52 Å². The Labute approximate surface area is 197 Å². The number of carbonyl (C=O) groups is 1. The van der Waals surface area contributed by atoms with Crippen LogP contribution in [0.3, 0.4) is 0 Å². The topological polar surface area (TPSA) is 103 Å². The number of halogens is 1. The van der Waals surface area contributed by atoms with Crippen LogP contribution < -0.4 is 19.5 Å². The second-order valence-corrected chi connectivity index (χ2v) is 8.93. The van der Waals surface area contributed by atoms with Crippen LogP contribution in [0.25, 0.3) is 0 Å². The summed E-state index contributed by atoms with van der Waals surface area (Å²) in [6.07, 6.45) is 0. The van der Waals surface area contributed by atoms with Crippen molar-refractivity contribution in [3.63, 3.8) is 0 Å². The van der Waals surface area contributed by atoms with Crippen LogP contribution >= 0.6 is 0 Å². The number of rotatable bonds is 10. The Morgan fingerprint density at radius 3 is 2.24 bits per heavy atom. The quantitative estimate of drug-likeness (QED) is 0.414. The van der Waals surface area contributed by atoms with Crippen molar-refractivity contribution in [1.82, 2.24) is 0 Å². The number of carbonyl (C=O) groups excluding carboxylic acids is 1. The smallest absolute Gasteiger partial charge is 0.265 e. The molecule has 3 aromatic rings. The number of nitrogens with one attached hydrogen (secondary N) is 2. The van der Waals surface area contributed by atoms with E-state index in [0.29, 0.717) is 12.3 Å². The SMILES string of the molecule is COCCOc1ccc(NC(=O)c2ccc(OC)c(S(=O)(=O)Nc3ccc(C)cc3)c2)cc1F. The summed E-state index contributed by atoms with van der Waals surface area (Å²) in [4.78, 5) is 12.5. The van der Waals surface area contributed by atoms with Gasteiger partial charge in [0, 0.05) is 30.1 Å². The van der Waals surface area contributed by atoms with Crippen molar-refractivity contribution in [2.45, 2.75) is 11.8 Å². The highest BCUT2D eigenvalue weighted by Gasteiger charge is 2.22. The first-order valence-corrected chi connectivity index (χ1v) is 11.7. The highest BCUT2D eigenvalue weighted by Crippen LogP contribution is 2.28. The normalized spacial score (nSPS) is 11.1. The lowest BCUT2D eigenvalue weighted by molar-refractivity contribution is 0.102. The van der Waals surface area contributed by atoms with Crippen LogP contribution in [0.2, 0.25) is 0 Å². The molecular weight excluding hydrogens is 463 g/mol. The molecule has 3 rings (SSSR count). The van der Waals surface area contributed by atoms with Crippen molar-refractivity contribution < 1.29 is 31.8 Å². The number of aryl methyl sites for hydroxylation is 1. The summed E-state index contributed by atoms with van der Waals surface area (Å²) in [6.45, 7) is 2.37. The van der Waals surface area contributed by atoms with Crippen molar-refractivity contribution in [1.29, 1.82) is 0 Å². The van der Waals surface area contributed by atoms with Crippen molar-refractivity contribution in [2.24, 2.45) is 0 Å². The van der Waals surface area contributed by atoms with E-state index in [1.54, 1.807) is 24.3 Å². The molecule has 180 valence electrons. The first kappa shape index (κ1) is 25.0. The molecule has 0 aliphatic heterocycles. The molecule has 0 fully saturated rings. The van der Waals surface area contributed by atoms with Gasteiger partial charge in [-0.1, -0.05) is 17.7 Å². The van der Waals surface area contributed by atoms with Crippen LogP contribution in [-0.2, 0) is 14.8 Å². The Kier molecular flexibility index (Phi) is 8.08. The van der Waals surface area contributed by atoms with Gasteiger partial charge in [-0.2, -0.15) is 0 Å². The van der Waals surface area contributed by atoms with E-state index >= 15 is 0 Å². The van der Waals surface area contributed by atoms with E-state index < -0.39 is 21.7 Å². The van der Waals surface area contributed by atoms with E-state index in [9.17, 15) is 17.6 Å². The summed E-state index contributed by atoms with van der Waals surface area (Å²) < 4.78 is 58.0. The third kappa shape index (κ3) is 6.24. The molecule has 0 saturated heterocycles. The first-order valence-electron chi connectivity index (χ1n) is 10.2. The number of sulfonamides is 1. The minimum atomic E-state index is -4.06. The molecule has 0 aliphatic carbocycles. The lowest BCUT2D eigenvalue weighted by Gasteiger charge is -2.14. The molecule has 0 atom stereocenters. The second kappa shape index (κ2) is 11.0. The van der Waals surface area contributed by atoms with E-state index in [-0.39, 0.29) is 34.3 Å². The van der Waals surface area contributed by atoms with Gasteiger partial charge in [0.2, 0.25) is 0 Å². The maximum atomic E-state index is 14.3. The van der Waals surface area contributed by atoms with Crippen molar-refractivity contribution in [3.8, 4) is 11.5 Å². The van der Waals surface area contributed by atoms with E-state index in [4.69, 9.17) is 14.2 Å². The average Bonchev–Trinajstić information content (AvgIpc) is 2.81. The minimum absolute atomic E-state index is 0.0232. The zero-order chi connectivity index (χ0) is 24.7. The van der Waals surface area contributed by atoms with Gasteiger partial charge < -0.3 is 19.5 Å². The van der Waals surface area contributed by atoms with E-state index in [2.05, 4.69) is 10.0 Å². The maximum absolute atomic E-state index is 14.3. The van der Waals surface area contributed by atoms with Crippen LogP contribution in [0.1, 0.15) is 15.9 Å². The fourth-order valence-corrected chi connectivity index (χ4v) is 4.25. The Morgan fingerprint density at radius 1 is 0.912 bits per heavy atom. The maximum Gasteiger partial charge on any atom is 0.265 e. The summed E-state index contributed by atoms with van der Waals surface area (Å²) in [6, 6.07) is 14.8. The molecule has 0 aliphatic rings. The number of hydrogen-bond donors (Lipinski definition) is 2. The zero-order valence-electron chi connectivity index (χ0n) is 18.9. The largest absolute Gasteiger partial charge is 0.495 e. The van der Waals surface area contributed by atoms with Crippen LogP contribution in [0.4, 0.5) is 15.8 Å². The van der Waals surface area contributed by atoms with Gasteiger partial charge in [-0.15, -0.1) is 0 Å². The van der Waals surface area contributed by atoms with Crippen molar-refractivity contribution in [2.75, 3.05) is 37.5 Å². The predicted molar refractivity (Wildman–Crippen MR) is 127 cm³/mol. The summed E-state index contributed by atoms with van der Waals surface area (Å²) in [7, 11) is -1.22. The molecule has 10 heteroatoms. The molecule has 1 amide bonds. The molecular formula is C24H25FN2O6S. The fourth-order valence-electron chi connectivity index (χ4n) is 2.99. The van der Waals surface area contributed by atoms with Gasteiger partial charge in [-0.25, -0.2) is 12.8 Å². The Morgan fingerprint density at radius 2 is 1.59 bits per heavy atom. The van der Waals surface area contributed by atoms with Crippen LogP contribution in [0, 0.1) is 12.7 Å². The van der Waals surface area contributed by atoms with Crippen molar-refractivity contribution >= 4 is 27.3 Å². The van der Waals surface area contributed by atoms with Gasteiger partial charge in [0.1, 0.15) is 17.3 Å². The number of hydrogen-bond acceptors (Lipinski definition) is 6. The molecule has 34 heavy (non-hydrogen) atoms. The molecule has 8 nitrogen and oxygen atoms in total. The average molecular weight is 489 g/mol. The van der Waals surface area contributed by atoms with Gasteiger partial charge >= 0.3 is 0 Å². The van der Waals surface area contributed by atoms with Gasteiger partial charge in [0.15, 0.2) is 11.6 Å². The molecule has 0 heterocycles. The predicted octanol–water partition coefficient (Wildman–Crippen LogP) is 4.22. The molecule has 0 bridgehead atoms. The summed E-state index contributed by atoms with van der Waals surface area (Å²) >= 11 is 0. The monoisotopic (exact) mass is 488 g/mol. The lowest BCUT2D eigenvalue weighted by Crippen LogP contribution is -2.17. The van der Waals surface area contributed by atoms with Gasteiger partial charge in [0.25, 0.3) is 15.9 Å². The molecule has 0 unspecified atom stereocenters. The third-order valence-corrected chi connectivity index (χ3v) is 6.16. The molecule has 0 saturated carbocycles. The Bertz CT molecular complexity index is 1260. The van der Waals surface area contributed by atoms with E-state index in [1.165, 1.54) is 44.6 Å². The Balaban J connectivity index is 1.81. The summed E-state index contributed by atoms with van der Waals surface area (Å²) in [5.74, 6) is -1.19. The molecule has 0 aromatic heterocycles. The van der Waals surface area contributed by atoms with Crippen molar-refractivity contribution in [3.05, 3.63) is 77.6 Å². The molecule has 0 radical (unpaired) electrons. The number of anilines is 2. The molecule has 0 spiro atoms. The van der Waals surface area contributed by atoms with Gasteiger partial charge in [0.05, 0.1) is 13.7 Å². The summed E-state index contributed by atoms with van der Waals surface area (Å²) in [5, 5.41) is 2.55. The molecule has 3 aromatic carbocycles. The standard InChI is InChI=1S/C24H25FN2O6S/c1-16-4-7-18(8-5-16)27-34(29,30)23-14-17(6-10-22(23)32-3)24(28)26-19-9-11-21(20(25)15-19)33-13-12-31-2/h4-11,14-15,27H,12-13H2,1-3H3,(H,26,28). The van der Waals surface area contributed by atoms with E-state index in [0.717, 1.165) is 11.6 Å². The van der Waals surface area contributed by atoms with Gasteiger partial charge in [-0.05, 0) is 49.4 Å². The minimum Gasteiger partial charge on any atom is -0.495 e. The number of benzene rings is 3. The number of methoxy groups -OCH3 is 2. The second-order valence-electron chi connectivity index (χ2n) is 7.28. The summed E-state index contributed by atoms with van der Waals surface area (Å²) in [5.41, 5.74) is 1.57. The van der Waals surface area contributed by atoms with Crippen LogP contribution in [-0.4, -0.2) is 41.8 Å². The van der Waals surface area contributed by atoms with E-state index in [1.807, 2.05) is 6.92 Å². The van der Waals surface area contributed by atoms with Crippen LogP contribution in [0.15, 0.2) is 65.6 Å². The number of amides is 1. The zero-order valence-corrected chi connectivity index (χ0v) is 19.7. The highest BCUT2D eigenvalue weighted by atomic mass is 32.2. The first-order chi connectivity index (χ1) is 16.2. The highest BCUT2D eigenvalue weighted by molar-refractivity contribution is 7.92. The Hall–Kier alpha value is -3.63. The fraction of sp³-hybridized carbons (Fsp3) is 0.208.